The number of anilines is 1. The molecule has 28 heavy (non-hydrogen) atoms. The van der Waals surface area contributed by atoms with Crippen LogP contribution in [0.5, 0.6) is 0 Å². The minimum absolute atomic E-state index is 0. The summed E-state index contributed by atoms with van der Waals surface area (Å²) in [6, 6.07) is 0.241. The van der Waals surface area contributed by atoms with Crippen LogP contribution in [0.15, 0.2) is 6.33 Å². The number of nitrogens with zero attached hydrogens (tertiary/aromatic N) is 4. The van der Waals surface area contributed by atoms with E-state index in [1.807, 2.05) is 0 Å². The van der Waals surface area contributed by atoms with E-state index >= 15 is 0 Å². The Morgan fingerprint density at radius 2 is 2.25 bits per heavy atom. The van der Waals surface area contributed by atoms with Crippen molar-refractivity contribution in [1.82, 2.24) is 19.5 Å². The molecule has 150 valence electrons. The Morgan fingerprint density at radius 3 is 2.93 bits per heavy atom. The van der Waals surface area contributed by atoms with Crippen molar-refractivity contribution in [1.29, 1.82) is 0 Å². The monoisotopic (exact) mass is 399 g/mol. The van der Waals surface area contributed by atoms with Crippen molar-refractivity contribution in [3.05, 3.63) is 12.2 Å². The maximum Gasteiger partial charge on any atom is 0.209 e. The summed E-state index contributed by atoms with van der Waals surface area (Å²) < 4.78 is 1.81. The maximum absolute atomic E-state index is 10.8. The molecule has 0 aliphatic heterocycles. The van der Waals surface area contributed by atoms with E-state index in [2.05, 4.69) is 58.8 Å². The van der Waals surface area contributed by atoms with Crippen molar-refractivity contribution in [2.45, 2.75) is 71.1 Å². The summed E-state index contributed by atoms with van der Waals surface area (Å²) in [6.45, 7) is 6.73. The number of nitrogens with one attached hydrogen (secondary N) is 1. The quantitative estimate of drug-likeness (QED) is 0.773. The number of fused-ring (bicyclic) bond motifs is 1. The minimum atomic E-state index is -0.959. The molecule has 0 spiro atoms. The first-order chi connectivity index (χ1) is 12.9. The van der Waals surface area contributed by atoms with E-state index in [-0.39, 0.29) is 19.5 Å². The lowest BCUT2D eigenvalue weighted by molar-refractivity contribution is 0.0410. The fraction of sp³-hybridized carbons (Fsp3) is 0.571. The number of rotatable bonds is 4. The third-order valence-corrected chi connectivity index (χ3v) is 5.10. The molecule has 3 rings (SSSR count). The summed E-state index contributed by atoms with van der Waals surface area (Å²) >= 11 is 0. The number of imidazole rings is 1. The fourth-order valence-corrected chi connectivity index (χ4v) is 3.46. The second kappa shape index (κ2) is 9.32. The molecule has 0 unspecified atom stereocenters. The highest BCUT2D eigenvalue weighted by Crippen LogP contribution is 2.31. The van der Waals surface area contributed by atoms with Gasteiger partial charge in [0.05, 0.1) is 12.9 Å². The zero-order chi connectivity index (χ0) is 19.4. The lowest BCUT2D eigenvalue weighted by Gasteiger charge is -2.30. The standard InChI is InChI=1S/C21H27N5O.H2S/c1-5-12-26-14-22-18-19(23-16(4)6-2)24-17(25-20(18)26)9-11-21(27)10-7-8-15(3)13-21;/h1,14-16,27H,6-8,10,12-13H2,2-4H3,(H,23,24,25);1H2/t15-,16+,21-;/m1./s1. The Kier molecular flexibility index (Phi) is 7.35. The Hall–Kier alpha value is -2.22. The van der Waals surface area contributed by atoms with E-state index in [0.717, 1.165) is 19.3 Å². The fourth-order valence-electron chi connectivity index (χ4n) is 3.46. The predicted octanol–water partition coefficient (Wildman–Crippen LogP) is 3.08. The van der Waals surface area contributed by atoms with Crippen LogP contribution in [-0.4, -0.2) is 36.3 Å². The highest BCUT2D eigenvalue weighted by Gasteiger charge is 2.30. The maximum atomic E-state index is 10.8. The van der Waals surface area contributed by atoms with Crippen LogP contribution in [0.3, 0.4) is 0 Å². The Labute approximate surface area is 174 Å². The average molecular weight is 400 g/mol. The summed E-state index contributed by atoms with van der Waals surface area (Å²) in [4.78, 5) is 13.5. The number of terminal acetylenes is 1. The second-order valence-electron chi connectivity index (χ2n) is 7.58. The van der Waals surface area contributed by atoms with Crippen LogP contribution in [0.2, 0.25) is 0 Å². The van der Waals surface area contributed by atoms with Gasteiger partial charge in [-0.1, -0.05) is 32.1 Å². The Morgan fingerprint density at radius 1 is 1.46 bits per heavy atom. The van der Waals surface area contributed by atoms with Crippen molar-refractivity contribution < 1.29 is 5.11 Å². The molecule has 0 aromatic carbocycles. The number of aromatic nitrogens is 4. The summed E-state index contributed by atoms with van der Waals surface area (Å²) in [5, 5.41) is 14.2. The van der Waals surface area contributed by atoms with Gasteiger partial charge in [-0.2, -0.15) is 13.5 Å². The van der Waals surface area contributed by atoms with Crippen molar-refractivity contribution in [3.8, 4) is 24.2 Å². The van der Waals surface area contributed by atoms with Crippen LogP contribution < -0.4 is 5.32 Å². The summed E-state index contributed by atoms with van der Waals surface area (Å²) in [6.07, 6.45) is 11.6. The van der Waals surface area contributed by atoms with Crippen LogP contribution in [0.1, 0.15) is 58.7 Å². The van der Waals surface area contributed by atoms with Gasteiger partial charge in [-0.25, -0.2) is 15.0 Å². The first-order valence-electron chi connectivity index (χ1n) is 9.62. The molecule has 1 aliphatic carbocycles. The smallest absolute Gasteiger partial charge is 0.209 e. The third-order valence-electron chi connectivity index (χ3n) is 5.10. The van der Waals surface area contributed by atoms with Gasteiger partial charge in [-0.15, -0.1) is 6.42 Å². The van der Waals surface area contributed by atoms with Gasteiger partial charge < -0.3 is 15.0 Å². The van der Waals surface area contributed by atoms with Crippen LogP contribution >= 0.6 is 13.5 Å². The lowest BCUT2D eigenvalue weighted by atomic mass is 9.79. The van der Waals surface area contributed by atoms with Crippen LogP contribution in [0.25, 0.3) is 11.2 Å². The summed E-state index contributed by atoms with van der Waals surface area (Å²) in [5.41, 5.74) is 0.377. The summed E-state index contributed by atoms with van der Waals surface area (Å²) in [7, 11) is 0. The SMILES string of the molecule is C#CCn1cnc2c(N[C@@H](C)CC)nc(C#C[C@]3(O)CCC[C@@H](C)C3)nc21.S. The zero-order valence-electron chi connectivity index (χ0n) is 16.8. The summed E-state index contributed by atoms with van der Waals surface area (Å²) in [5.74, 6) is 10.1. The molecule has 2 aromatic heterocycles. The molecule has 0 amide bonds. The van der Waals surface area contributed by atoms with Gasteiger partial charge >= 0.3 is 0 Å². The normalized spacial score (nSPS) is 22.5. The van der Waals surface area contributed by atoms with Crippen LogP contribution in [0.4, 0.5) is 5.82 Å². The topological polar surface area (TPSA) is 75.9 Å². The van der Waals surface area contributed by atoms with Gasteiger partial charge in [0.25, 0.3) is 0 Å². The number of hydrogen-bond donors (Lipinski definition) is 2. The van der Waals surface area contributed by atoms with Crippen molar-refractivity contribution in [3.63, 3.8) is 0 Å². The Bertz CT molecular complexity index is 922. The van der Waals surface area contributed by atoms with Crippen LogP contribution in [-0.2, 0) is 6.54 Å². The molecule has 6 nitrogen and oxygen atoms in total. The molecule has 1 aliphatic rings. The van der Waals surface area contributed by atoms with E-state index in [0.29, 0.717) is 48.1 Å². The van der Waals surface area contributed by atoms with Gasteiger partial charge in [-0.3, -0.25) is 0 Å². The number of hydrogen-bond acceptors (Lipinski definition) is 5. The minimum Gasteiger partial charge on any atom is -0.378 e. The molecule has 2 N–H and O–H groups in total. The average Bonchev–Trinajstić information content (AvgIpc) is 3.03. The highest BCUT2D eigenvalue weighted by atomic mass is 32.1. The highest BCUT2D eigenvalue weighted by molar-refractivity contribution is 7.59. The van der Waals surface area contributed by atoms with E-state index in [4.69, 9.17) is 6.42 Å². The Balaban J connectivity index is 0.00000280. The lowest BCUT2D eigenvalue weighted by Crippen LogP contribution is -2.32. The second-order valence-corrected chi connectivity index (χ2v) is 7.58. The van der Waals surface area contributed by atoms with Crippen LogP contribution in [0, 0.1) is 30.1 Å². The van der Waals surface area contributed by atoms with Crippen molar-refractivity contribution in [2.75, 3.05) is 5.32 Å². The number of aliphatic hydroxyl groups is 1. The van der Waals surface area contributed by atoms with Gasteiger partial charge in [0.1, 0.15) is 5.60 Å². The molecule has 1 fully saturated rings. The van der Waals surface area contributed by atoms with Gasteiger partial charge in [-0.05, 0) is 44.4 Å². The molecule has 0 saturated heterocycles. The first-order valence-corrected chi connectivity index (χ1v) is 9.62. The van der Waals surface area contributed by atoms with E-state index < -0.39 is 5.60 Å². The van der Waals surface area contributed by atoms with E-state index in [1.54, 1.807) is 10.9 Å². The molecular weight excluding hydrogens is 370 g/mol. The van der Waals surface area contributed by atoms with Crippen molar-refractivity contribution >= 4 is 30.5 Å². The van der Waals surface area contributed by atoms with Gasteiger partial charge in [0.2, 0.25) is 5.82 Å². The molecule has 3 atom stereocenters. The van der Waals surface area contributed by atoms with E-state index in [1.165, 1.54) is 0 Å². The molecule has 2 heterocycles. The molecule has 2 aromatic rings. The largest absolute Gasteiger partial charge is 0.378 e. The first kappa shape index (κ1) is 22.1. The molecule has 1 saturated carbocycles. The van der Waals surface area contributed by atoms with Gasteiger partial charge in [0.15, 0.2) is 17.0 Å². The molecule has 0 bridgehead atoms. The zero-order valence-corrected chi connectivity index (χ0v) is 17.8. The van der Waals surface area contributed by atoms with Gasteiger partial charge in [0, 0.05) is 6.04 Å². The van der Waals surface area contributed by atoms with Crippen molar-refractivity contribution in [2.24, 2.45) is 5.92 Å². The van der Waals surface area contributed by atoms with E-state index in [9.17, 15) is 5.11 Å². The molecule has 7 heteroatoms. The molecular formula is C21H29N5OS. The predicted molar refractivity (Wildman–Crippen MR) is 117 cm³/mol. The third kappa shape index (κ3) is 4.98. The molecule has 0 radical (unpaired) electrons.